The molecule has 0 saturated heterocycles. The summed E-state index contributed by atoms with van der Waals surface area (Å²) in [6.07, 6.45) is 2.18. The minimum atomic E-state index is 0.114. The van der Waals surface area contributed by atoms with Gasteiger partial charge in [-0.2, -0.15) is 0 Å². The van der Waals surface area contributed by atoms with E-state index in [2.05, 4.69) is 72.7 Å². The van der Waals surface area contributed by atoms with Crippen LogP contribution in [0.15, 0.2) is 24.3 Å². The first-order valence-electron chi connectivity index (χ1n) is 7.82. The summed E-state index contributed by atoms with van der Waals surface area (Å²) in [6, 6.07) is 8.91. The molecule has 0 N–H and O–H groups in total. The van der Waals surface area contributed by atoms with Gasteiger partial charge in [-0.3, -0.25) is 0 Å². The van der Waals surface area contributed by atoms with Crippen molar-refractivity contribution in [1.29, 1.82) is 0 Å². The minimum absolute atomic E-state index is 0.114. The Hall–Kier alpha value is -0.490. The fourth-order valence-corrected chi connectivity index (χ4v) is 2.56. The molecule has 0 bridgehead atoms. The monoisotopic (exact) mass is 294 g/mol. The normalized spacial score (nSPS) is 16.0. The molecule has 0 radical (unpaired) electrons. The average molecular weight is 295 g/mol. The van der Waals surface area contributed by atoms with E-state index in [-0.39, 0.29) is 10.8 Å². The lowest BCUT2D eigenvalue weighted by Crippen LogP contribution is -2.19. The van der Waals surface area contributed by atoms with Crippen LogP contribution in [0.1, 0.15) is 77.8 Å². The van der Waals surface area contributed by atoms with E-state index in [4.69, 9.17) is 11.6 Å². The van der Waals surface area contributed by atoms with Crippen LogP contribution in [0.25, 0.3) is 0 Å². The number of rotatable bonds is 5. The summed E-state index contributed by atoms with van der Waals surface area (Å²) in [4.78, 5) is 0. The van der Waals surface area contributed by atoms with Crippen molar-refractivity contribution in [3.8, 4) is 0 Å². The Balaban J connectivity index is 2.79. The quantitative estimate of drug-likeness (QED) is 0.528. The van der Waals surface area contributed by atoms with Crippen LogP contribution < -0.4 is 0 Å². The number of hydrogen-bond acceptors (Lipinski definition) is 0. The van der Waals surface area contributed by atoms with Crippen molar-refractivity contribution in [3.63, 3.8) is 0 Å². The Morgan fingerprint density at radius 3 is 1.90 bits per heavy atom. The molecule has 0 fully saturated rings. The second-order valence-electron chi connectivity index (χ2n) is 7.83. The van der Waals surface area contributed by atoms with Gasteiger partial charge in [0.05, 0.1) is 5.38 Å². The predicted octanol–water partition coefficient (Wildman–Crippen LogP) is 6.73. The highest BCUT2D eigenvalue weighted by molar-refractivity contribution is 6.20. The lowest BCUT2D eigenvalue weighted by atomic mass is 9.78. The van der Waals surface area contributed by atoms with Gasteiger partial charge in [0.15, 0.2) is 0 Å². The highest BCUT2D eigenvalue weighted by atomic mass is 35.5. The third-order valence-corrected chi connectivity index (χ3v) is 5.41. The number of halogens is 1. The van der Waals surface area contributed by atoms with E-state index in [1.807, 2.05) is 0 Å². The molecule has 0 aromatic heterocycles. The molecule has 0 aliphatic heterocycles. The van der Waals surface area contributed by atoms with Crippen LogP contribution in [0.4, 0.5) is 0 Å². The molecule has 1 rings (SSSR count). The van der Waals surface area contributed by atoms with E-state index in [0.717, 1.165) is 12.8 Å². The van der Waals surface area contributed by atoms with Crippen molar-refractivity contribution in [2.45, 2.75) is 72.1 Å². The highest BCUT2D eigenvalue weighted by Gasteiger charge is 2.24. The second-order valence-corrected chi connectivity index (χ2v) is 8.36. The van der Waals surface area contributed by atoms with E-state index in [1.54, 1.807) is 0 Å². The molecule has 0 saturated carbocycles. The summed E-state index contributed by atoms with van der Waals surface area (Å²) in [5.74, 6) is 0.608. The van der Waals surface area contributed by atoms with Gasteiger partial charge in [-0.15, -0.1) is 11.6 Å². The largest absolute Gasteiger partial charge is 0.118 e. The van der Waals surface area contributed by atoms with Gasteiger partial charge >= 0.3 is 0 Å². The highest BCUT2D eigenvalue weighted by Crippen LogP contribution is 2.37. The van der Waals surface area contributed by atoms with E-state index in [0.29, 0.717) is 11.3 Å². The zero-order chi connectivity index (χ0) is 15.6. The second kappa shape index (κ2) is 6.52. The Morgan fingerprint density at radius 1 is 1.00 bits per heavy atom. The van der Waals surface area contributed by atoms with Crippen LogP contribution in [0.3, 0.4) is 0 Å². The summed E-state index contributed by atoms with van der Waals surface area (Å²) in [6.45, 7) is 16.0. The molecule has 1 heteroatoms. The maximum absolute atomic E-state index is 6.61. The first kappa shape index (κ1) is 17.6. The number of alkyl halides is 1. The summed E-state index contributed by atoms with van der Waals surface area (Å²) < 4.78 is 0. The van der Waals surface area contributed by atoms with Gasteiger partial charge in [-0.05, 0) is 40.7 Å². The summed E-state index contributed by atoms with van der Waals surface area (Å²) in [5.41, 5.74) is 3.21. The smallest absolute Gasteiger partial charge is 0.0588 e. The molecule has 0 nitrogen and oxygen atoms in total. The zero-order valence-corrected chi connectivity index (χ0v) is 15.0. The van der Waals surface area contributed by atoms with Crippen molar-refractivity contribution in [3.05, 3.63) is 35.4 Å². The first-order chi connectivity index (χ1) is 9.08. The minimum Gasteiger partial charge on any atom is -0.118 e. The molecule has 20 heavy (non-hydrogen) atoms. The molecule has 2 unspecified atom stereocenters. The van der Waals surface area contributed by atoms with Crippen LogP contribution in [-0.4, -0.2) is 0 Å². The average Bonchev–Trinajstić information content (AvgIpc) is 2.37. The van der Waals surface area contributed by atoms with E-state index in [9.17, 15) is 0 Å². The molecule has 0 amide bonds. The lowest BCUT2D eigenvalue weighted by molar-refractivity contribution is 0.245. The van der Waals surface area contributed by atoms with Crippen LogP contribution in [0.2, 0.25) is 0 Å². The Morgan fingerprint density at radius 2 is 1.50 bits per heavy atom. The van der Waals surface area contributed by atoms with Gasteiger partial charge in [0, 0.05) is 0 Å². The zero-order valence-electron chi connectivity index (χ0n) is 14.3. The van der Waals surface area contributed by atoms with E-state index in [1.165, 1.54) is 11.1 Å². The van der Waals surface area contributed by atoms with Crippen LogP contribution >= 0.6 is 11.6 Å². The molecule has 0 aliphatic rings. The van der Waals surface area contributed by atoms with Crippen molar-refractivity contribution >= 4 is 11.6 Å². The molecule has 1 aromatic carbocycles. The molecule has 0 heterocycles. The fraction of sp³-hybridized carbons (Fsp3) is 0.684. The topological polar surface area (TPSA) is 0 Å². The molecular formula is C19H31Cl. The number of benzene rings is 1. The predicted molar refractivity (Wildman–Crippen MR) is 91.6 cm³/mol. The fourth-order valence-electron chi connectivity index (χ4n) is 2.15. The van der Waals surface area contributed by atoms with Crippen molar-refractivity contribution in [2.75, 3.05) is 0 Å². The Labute approximate surface area is 130 Å². The molecule has 2 atom stereocenters. The molecular weight excluding hydrogens is 264 g/mol. The summed E-state index contributed by atoms with van der Waals surface area (Å²) >= 11 is 6.61. The first-order valence-corrected chi connectivity index (χ1v) is 8.26. The lowest BCUT2D eigenvalue weighted by Gasteiger charge is -2.29. The van der Waals surface area contributed by atoms with Crippen molar-refractivity contribution in [1.82, 2.24) is 0 Å². The maximum Gasteiger partial charge on any atom is 0.0588 e. The van der Waals surface area contributed by atoms with E-state index < -0.39 is 0 Å². The maximum atomic E-state index is 6.61. The molecule has 0 spiro atoms. The standard InChI is InChI=1S/C19H31Cl/c1-8-19(6,7)16-11-9-15(10-12-16)17(20)13-14(2)18(3,4)5/h9-12,14,17H,8,13H2,1-7H3. The van der Waals surface area contributed by atoms with Gasteiger partial charge in [-0.25, -0.2) is 0 Å². The van der Waals surface area contributed by atoms with Gasteiger partial charge < -0.3 is 0 Å². The summed E-state index contributed by atoms with van der Waals surface area (Å²) in [5, 5.41) is 0.114. The summed E-state index contributed by atoms with van der Waals surface area (Å²) in [7, 11) is 0. The van der Waals surface area contributed by atoms with Gasteiger partial charge in [-0.1, -0.05) is 72.7 Å². The van der Waals surface area contributed by atoms with E-state index >= 15 is 0 Å². The Bertz CT molecular complexity index is 408. The third kappa shape index (κ3) is 4.52. The molecule has 114 valence electrons. The SMILES string of the molecule is CCC(C)(C)c1ccc(C(Cl)CC(C)C(C)(C)C)cc1. The third-order valence-electron chi connectivity index (χ3n) is 4.98. The molecule has 0 aliphatic carbocycles. The van der Waals surface area contributed by atoms with Gasteiger partial charge in [0.25, 0.3) is 0 Å². The van der Waals surface area contributed by atoms with Gasteiger partial charge in [0.2, 0.25) is 0 Å². The van der Waals surface area contributed by atoms with Crippen molar-refractivity contribution < 1.29 is 0 Å². The van der Waals surface area contributed by atoms with Crippen molar-refractivity contribution in [2.24, 2.45) is 11.3 Å². The van der Waals surface area contributed by atoms with Crippen LogP contribution in [0, 0.1) is 11.3 Å². The Kier molecular flexibility index (Phi) is 5.72. The molecule has 1 aromatic rings. The van der Waals surface area contributed by atoms with Crippen LogP contribution in [-0.2, 0) is 5.41 Å². The number of hydrogen-bond donors (Lipinski definition) is 0. The van der Waals surface area contributed by atoms with Crippen LogP contribution in [0.5, 0.6) is 0 Å². The van der Waals surface area contributed by atoms with Gasteiger partial charge in [0.1, 0.15) is 0 Å².